The molecular formula is C18H12ClF3N2O2. The summed E-state index contributed by atoms with van der Waals surface area (Å²) in [6.07, 6.45) is -4.60. The van der Waals surface area contributed by atoms with Crippen LogP contribution in [-0.2, 0) is 15.8 Å². The molecule has 0 radical (unpaired) electrons. The van der Waals surface area contributed by atoms with Gasteiger partial charge in [0.1, 0.15) is 10.7 Å². The highest BCUT2D eigenvalue weighted by Crippen LogP contribution is 2.35. The molecule has 2 aromatic rings. The predicted octanol–water partition coefficient (Wildman–Crippen LogP) is 4.45. The largest absolute Gasteiger partial charge is 0.416 e. The van der Waals surface area contributed by atoms with Crippen LogP contribution < -0.4 is 10.2 Å². The number of benzene rings is 2. The van der Waals surface area contributed by atoms with Gasteiger partial charge in [0.15, 0.2) is 0 Å². The van der Waals surface area contributed by atoms with Gasteiger partial charge < -0.3 is 5.32 Å². The van der Waals surface area contributed by atoms with E-state index in [2.05, 4.69) is 5.32 Å². The van der Waals surface area contributed by atoms with E-state index in [4.69, 9.17) is 11.6 Å². The summed E-state index contributed by atoms with van der Waals surface area (Å²) in [5.41, 5.74) is 0.101. The first-order valence-electron chi connectivity index (χ1n) is 7.48. The maximum absolute atomic E-state index is 12.9. The van der Waals surface area contributed by atoms with Crippen molar-refractivity contribution in [3.8, 4) is 0 Å². The zero-order valence-electron chi connectivity index (χ0n) is 13.4. The first-order chi connectivity index (χ1) is 12.2. The molecule has 0 atom stereocenters. The molecule has 0 fully saturated rings. The van der Waals surface area contributed by atoms with Gasteiger partial charge in [-0.2, -0.15) is 13.2 Å². The number of imide groups is 1. The fourth-order valence-corrected chi connectivity index (χ4v) is 2.75. The van der Waals surface area contributed by atoms with Crippen molar-refractivity contribution in [3.05, 3.63) is 70.4 Å². The molecule has 0 unspecified atom stereocenters. The lowest BCUT2D eigenvalue weighted by atomic mass is 10.2. The topological polar surface area (TPSA) is 49.4 Å². The van der Waals surface area contributed by atoms with Crippen LogP contribution in [0, 0.1) is 6.92 Å². The summed E-state index contributed by atoms with van der Waals surface area (Å²) in [4.78, 5) is 25.6. The Morgan fingerprint density at radius 2 is 1.69 bits per heavy atom. The van der Waals surface area contributed by atoms with Crippen LogP contribution in [0.2, 0.25) is 0 Å². The Hall–Kier alpha value is -2.80. The zero-order valence-corrected chi connectivity index (χ0v) is 14.2. The third kappa shape index (κ3) is 3.30. The summed E-state index contributed by atoms with van der Waals surface area (Å²) in [6.45, 7) is 1.84. The molecule has 0 aromatic heterocycles. The molecule has 3 rings (SSSR count). The third-order valence-electron chi connectivity index (χ3n) is 3.75. The maximum atomic E-state index is 12.9. The van der Waals surface area contributed by atoms with Gasteiger partial charge in [-0.3, -0.25) is 9.59 Å². The summed E-state index contributed by atoms with van der Waals surface area (Å²) < 4.78 is 38.7. The Labute approximate surface area is 151 Å². The van der Waals surface area contributed by atoms with Crippen LogP contribution in [0.5, 0.6) is 0 Å². The van der Waals surface area contributed by atoms with Crippen LogP contribution in [-0.4, -0.2) is 11.8 Å². The maximum Gasteiger partial charge on any atom is 0.416 e. The standard InChI is InChI=1S/C18H12ClF3N2O2/c1-10-4-2-6-12(8-10)23-15-14(19)16(25)24(17(15)26)13-7-3-5-11(9-13)18(20,21)22/h2-9,23H,1H3. The third-order valence-corrected chi connectivity index (χ3v) is 4.10. The van der Waals surface area contributed by atoms with Gasteiger partial charge in [-0.15, -0.1) is 0 Å². The molecule has 2 amide bonds. The van der Waals surface area contributed by atoms with Crippen LogP contribution in [0.3, 0.4) is 0 Å². The number of hydrogen-bond acceptors (Lipinski definition) is 3. The van der Waals surface area contributed by atoms with Crippen molar-refractivity contribution in [2.75, 3.05) is 10.2 Å². The minimum Gasteiger partial charge on any atom is -0.350 e. The van der Waals surface area contributed by atoms with E-state index >= 15 is 0 Å². The normalized spacial score (nSPS) is 15.0. The van der Waals surface area contributed by atoms with E-state index in [9.17, 15) is 22.8 Å². The Bertz CT molecular complexity index is 938. The monoisotopic (exact) mass is 380 g/mol. The van der Waals surface area contributed by atoms with Crippen LogP contribution in [0.25, 0.3) is 0 Å². The highest BCUT2D eigenvalue weighted by atomic mass is 35.5. The molecule has 0 spiro atoms. The fourth-order valence-electron chi connectivity index (χ4n) is 2.53. The number of carbonyl (C=O) groups excluding carboxylic acids is 2. The molecule has 8 heteroatoms. The number of amides is 2. The SMILES string of the molecule is Cc1cccc(NC2=C(Cl)C(=O)N(c3cccc(C(F)(F)F)c3)C2=O)c1. The number of hydrogen-bond donors (Lipinski definition) is 1. The highest BCUT2D eigenvalue weighted by Gasteiger charge is 2.40. The van der Waals surface area contributed by atoms with Gasteiger partial charge in [0.25, 0.3) is 11.8 Å². The van der Waals surface area contributed by atoms with E-state index in [0.29, 0.717) is 10.6 Å². The smallest absolute Gasteiger partial charge is 0.350 e. The lowest BCUT2D eigenvalue weighted by Crippen LogP contribution is -2.32. The number of nitrogens with one attached hydrogen (secondary N) is 1. The molecule has 1 aliphatic heterocycles. The van der Waals surface area contributed by atoms with Crippen LogP contribution in [0.1, 0.15) is 11.1 Å². The average molecular weight is 381 g/mol. The molecule has 0 saturated carbocycles. The van der Waals surface area contributed by atoms with E-state index in [-0.39, 0.29) is 16.4 Å². The highest BCUT2D eigenvalue weighted by molar-refractivity contribution is 6.53. The molecule has 26 heavy (non-hydrogen) atoms. The van der Waals surface area contributed by atoms with Gasteiger partial charge in [0, 0.05) is 5.69 Å². The van der Waals surface area contributed by atoms with Crippen molar-refractivity contribution in [1.29, 1.82) is 0 Å². The van der Waals surface area contributed by atoms with Gasteiger partial charge in [-0.05, 0) is 42.8 Å². The van der Waals surface area contributed by atoms with Crippen molar-refractivity contribution in [2.45, 2.75) is 13.1 Å². The van der Waals surface area contributed by atoms with E-state index in [1.165, 1.54) is 6.07 Å². The Morgan fingerprint density at radius 1 is 1.00 bits per heavy atom. The van der Waals surface area contributed by atoms with E-state index in [1.807, 2.05) is 13.0 Å². The van der Waals surface area contributed by atoms with E-state index in [1.54, 1.807) is 18.2 Å². The molecule has 1 heterocycles. The van der Waals surface area contributed by atoms with Crippen LogP contribution in [0.15, 0.2) is 59.3 Å². The summed E-state index contributed by atoms with van der Waals surface area (Å²) >= 11 is 5.97. The van der Waals surface area contributed by atoms with Crippen molar-refractivity contribution in [3.63, 3.8) is 0 Å². The molecule has 4 nitrogen and oxygen atoms in total. The minimum atomic E-state index is -4.60. The second-order valence-electron chi connectivity index (χ2n) is 5.68. The molecule has 1 N–H and O–H groups in total. The number of alkyl halides is 3. The molecule has 134 valence electrons. The van der Waals surface area contributed by atoms with Gasteiger partial charge in [0.05, 0.1) is 11.3 Å². The van der Waals surface area contributed by atoms with Gasteiger partial charge >= 0.3 is 6.18 Å². The zero-order chi connectivity index (χ0) is 19.1. The first kappa shape index (κ1) is 18.0. The van der Waals surface area contributed by atoms with Gasteiger partial charge in [0.2, 0.25) is 0 Å². The predicted molar refractivity (Wildman–Crippen MR) is 91.6 cm³/mol. The Morgan fingerprint density at radius 3 is 2.35 bits per heavy atom. The van der Waals surface area contributed by atoms with Crippen LogP contribution >= 0.6 is 11.6 Å². The molecule has 0 aliphatic carbocycles. The quantitative estimate of drug-likeness (QED) is 0.800. The summed E-state index contributed by atoms with van der Waals surface area (Å²) in [6, 6.07) is 11.0. The number of aryl methyl sites for hydroxylation is 1. The molecule has 2 aromatic carbocycles. The summed E-state index contributed by atoms with van der Waals surface area (Å²) in [7, 11) is 0. The Kier molecular flexibility index (Phi) is 4.50. The van der Waals surface area contributed by atoms with Crippen molar-refractivity contribution >= 4 is 34.8 Å². The number of rotatable bonds is 3. The summed E-state index contributed by atoms with van der Waals surface area (Å²) in [5.74, 6) is -1.70. The Balaban J connectivity index is 1.94. The number of carbonyl (C=O) groups is 2. The second kappa shape index (κ2) is 6.49. The number of anilines is 2. The van der Waals surface area contributed by atoms with Gasteiger partial charge in [-0.25, -0.2) is 4.90 Å². The minimum absolute atomic E-state index is 0.181. The number of halogens is 4. The molecular weight excluding hydrogens is 369 g/mol. The molecule has 0 bridgehead atoms. The van der Waals surface area contributed by atoms with Crippen molar-refractivity contribution in [2.24, 2.45) is 0 Å². The van der Waals surface area contributed by atoms with Crippen molar-refractivity contribution in [1.82, 2.24) is 0 Å². The second-order valence-corrected chi connectivity index (χ2v) is 6.06. The van der Waals surface area contributed by atoms with Crippen molar-refractivity contribution < 1.29 is 22.8 Å². The van der Waals surface area contributed by atoms with E-state index in [0.717, 1.165) is 23.8 Å². The van der Waals surface area contributed by atoms with Crippen LogP contribution in [0.4, 0.5) is 24.5 Å². The fraction of sp³-hybridized carbons (Fsp3) is 0.111. The molecule has 0 saturated heterocycles. The number of nitrogens with zero attached hydrogens (tertiary/aromatic N) is 1. The average Bonchev–Trinajstić information content (AvgIpc) is 2.78. The van der Waals surface area contributed by atoms with Gasteiger partial charge in [-0.1, -0.05) is 29.8 Å². The lowest BCUT2D eigenvalue weighted by Gasteiger charge is -2.17. The first-order valence-corrected chi connectivity index (χ1v) is 7.86. The van der Waals surface area contributed by atoms with E-state index < -0.39 is 23.6 Å². The summed E-state index contributed by atoms with van der Waals surface area (Å²) in [5, 5.41) is 2.39. The lowest BCUT2D eigenvalue weighted by molar-refractivity contribution is -0.137. The molecule has 1 aliphatic rings.